The minimum atomic E-state index is -0.908. The Morgan fingerprint density at radius 3 is 1.78 bits per heavy atom. The van der Waals surface area contributed by atoms with Crippen molar-refractivity contribution in [2.24, 2.45) is 0 Å². The predicted molar refractivity (Wildman–Crippen MR) is 84.9 cm³/mol. The van der Waals surface area contributed by atoms with Gasteiger partial charge < -0.3 is 9.47 Å². The SMILES string of the molecule is C#Cc1cnc(N(C(=O)OC(C)(C)C)C(=O)OC(C)(C)C)cn1. The van der Waals surface area contributed by atoms with E-state index in [-0.39, 0.29) is 11.5 Å². The molecule has 0 saturated heterocycles. The molecule has 0 unspecified atom stereocenters. The summed E-state index contributed by atoms with van der Waals surface area (Å²) < 4.78 is 10.4. The van der Waals surface area contributed by atoms with E-state index in [4.69, 9.17) is 15.9 Å². The molecule has 124 valence electrons. The molecule has 0 radical (unpaired) electrons. The zero-order valence-corrected chi connectivity index (χ0v) is 14.2. The van der Waals surface area contributed by atoms with Gasteiger partial charge in [-0.25, -0.2) is 19.6 Å². The van der Waals surface area contributed by atoms with Crippen LogP contribution in [0.15, 0.2) is 12.4 Å². The highest BCUT2D eigenvalue weighted by molar-refractivity contribution is 6.08. The molecule has 7 heteroatoms. The van der Waals surface area contributed by atoms with Gasteiger partial charge >= 0.3 is 12.2 Å². The number of ether oxygens (including phenoxy) is 2. The Morgan fingerprint density at radius 1 is 1.00 bits per heavy atom. The lowest BCUT2D eigenvalue weighted by Crippen LogP contribution is -2.44. The second-order valence-corrected chi connectivity index (χ2v) is 6.70. The van der Waals surface area contributed by atoms with Crippen molar-refractivity contribution in [1.82, 2.24) is 9.97 Å². The van der Waals surface area contributed by atoms with Gasteiger partial charge in [0.2, 0.25) is 0 Å². The third kappa shape index (κ3) is 5.94. The van der Waals surface area contributed by atoms with Crippen LogP contribution in [0.1, 0.15) is 47.2 Å². The third-order valence-corrected chi connectivity index (χ3v) is 2.17. The van der Waals surface area contributed by atoms with Gasteiger partial charge in [-0.1, -0.05) is 0 Å². The minimum Gasteiger partial charge on any atom is -0.443 e. The molecule has 0 atom stereocenters. The number of terminal acetylenes is 1. The summed E-state index contributed by atoms with van der Waals surface area (Å²) in [5.41, 5.74) is -1.30. The minimum absolute atomic E-state index is 0.0347. The van der Waals surface area contributed by atoms with Crippen molar-refractivity contribution in [1.29, 1.82) is 0 Å². The molecular formula is C16H21N3O4. The van der Waals surface area contributed by atoms with Crippen LogP contribution >= 0.6 is 0 Å². The van der Waals surface area contributed by atoms with Crippen LogP contribution in [-0.2, 0) is 9.47 Å². The van der Waals surface area contributed by atoms with E-state index in [1.54, 1.807) is 41.5 Å². The third-order valence-electron chi connectivity index (χ3n) is 2.17. The van der Waals surface area contributed by atoms with Crippen LogP contribution in [0.4, 0.5) is 15.4 Å². The summed E-state index contributed by atoms with van der Waals surface area (Å²) in [7, 11) is 0. The smallest absolute Gasteiger partial charge is 0.425 e. The van der Waals surface area contributed by atoms with Crippen LogP contribution in [0, 0.1) is 12.3 Å². The highest BCUT2D eigenvalue weighted by atomic mass is 16.6. The number of carbonyl (C=O) groups is 2. The van der Waals surface area contributed by atoms with Gasteiger partial charge in [0.1, 0.15) is 16.9 Å². The fourth-order valence-electron chi connectivity index (χ4n) is 1.39. The summed E-state index contributed by atoms with van der Waals surface area (Å²) in [6.07, 6.45) is 5.88. The lowest BCUT2D eigenvalue weighted by molar-refractivity contribution is 0.0429. The second kappa shape index (κ2) is 6.65. The molecule has 1 heterocycles. The zero-order chi connectivity index (χ0) is 17.8. The van der Waals surface area contributed by atoms with Gasteiger partial charge in [-0.3, -0.25) is 0 Å². The second-order valence-electron chi connectivity index (χ2n) is 6.70. The molecule has 0 aromatic carbocycles. The molecule has 1 aromatic heterocycles. The number of nitrogens with zero attached hydrogens (tertiary/aromatic N) is 3. The van der Waals surface area contributed by atoms with Crippen LogP contribution in [0.2, 0.25) is 0 Å². The Hall–Kier alpha value is -2.62. The lowest BCUT2D eigenvalue weighted by Gasteiger charge is -2.27. The highest BCUT2D eigenvalue weighted by Crippen LogP contribution is 2.19. The van der Waals surface area contributed by atoms with Crippen molar-refractivity contribution < 1.29 is 19.1 Å². The summed E-state index contributed by atoms with van der Waals surface area (Å²) in [5, 5.41) is 0. The summed E-state index contributed by atoms with van der Waals surface area (Å²) in [5.74, 6) is 2.27. The van der Waals surface area contributed by atoms with Gasteiger partial charge in [-0.15, -0.1) is 6.42 Å². The number of carbonyl (C=O) groups excluding carboxylic acids is 2. The lowest BCUT2D eigenvalue weighted by atomic mass is 10.2. The van der Waals surface area contributed by atoms with E-state index >= 15 is 0 Å². The number of anilines is 1. The van der Waals surface area contributed by atoms with Gasteiger partial charge in [-0.05, 0) is 47.5 Å². The molecule has 0 bridgehead atoms. The van der Waals surface area contributed by atoms with E-state index in [2.05, 4.69) is 15.9 Å². The van der Waals surface area contributed by atoms with Crippen LogP contribution < -0.4 is 4.90 Å². The molecule has 2 amide bonds. The quantitative estimate of drug-likeness (QED) is 0.740. The number of rotatable bonds is 1. The molecule has 1 aromatic rings. The van der Waals surface area contributed by atoms with E-state index in [0.29, 0.717) is 4.90 Å². The van der Waals surface area contributed by atoms with Gasteiger partial charge in [0.15, 0.2) is 5.82 Å². The highest BCUT2D eigenvalue weighted by Gasteiger charge is 2.33. The number of hydrogen-bond donors (Lipinski definition) is 0. The first-order valence-corrected chi connectivity index (χ1v) is 6.98. The molecule has 0 saturated carbocycles. The molecule has 7 nitrogen and oxygen atoms in total. The number of imide groups is 1. The van der Waals surface area contributed by atoms with Crippen LogP contribution in [-0.4, -0.2) is 33.4 Å². The van der Waals surface area contributed by atoms with E-state index in [1.165, 1.54) is 12.4 Å². The van der Waals surface area contributed by atoms with Crippen molar-refractivity contribution >= 4 is 18.0 Å². The molecule has 0 aliphatic rings. The first-order chi connectivity index (χ1) is 10.4. The van der Waals surface area contributed by atoms with Crippen molar-refractivity contribution in [3.63, 3.8) is 0 Å². The maximum atomic E-state index is 12.3. The average Bonchev–Trinajstić information content (AvgIpc) is 2.35. The Kier molecular flexibility index (Phi) is 5.33. The molecule has 23 heavy (non-hydrogen) atoms. The van der Waals surface area contributed by atoms with E-state index < -0.39 is 23.4 Å². The Labute approximate surface area is 136 Å². The van der Waals surface area contributed by atoms with Crippen LogP contribution in [0.25, 0.3) is 0 Å². The standard InChI is InChI=1S/C16H21N3O4/c1-8-11-9-18-12(10-17-11)19(13(20)22-15(2,3)4)14(21)23-16(5,6)7/h1,9-10H,2-7H3. The van der Waals surface area contributed by atoms with Gasteiger partial charge in [0.25, 0.3) is 0 Å². The first kappa shape index (κ1) is 18.4. The van der Waals surface area contributed by atoms with Gasteiger partial charge in [0.05, 0.1) is 12.4 Å². The van der Waals surface area contributed by atoms with Crippen molar-refractivity contribution in [2.45, 2.75) is 52.7 Å². The normalized spacial score (nSPS) is 11.3. The molecular weight excluding hydrogens is 298 g/mol. The fourth-order valence-corrected chi connectivity index (χ4v) is 1.39. The van der Waals surface area contributed by atoms with Gasteiger partial charge in [-0.2, -0.15) is 4.90 Å². The monoisotopic (exact) mass is 319 g/mol. The molecule has 0 aliphatic carbocycles. The molecule has 0 fully saturated rings. The van der Waals surface area contributed by atoms with Crippen LogP contribution in [0.5, 0.6) is 0 Å². The number of hydrogen-bond acceptors (Lipinski definition) is 6. The van der Waals surface area contributed by atoms with E-state index in [1.807, 2.05) is 0 Å². The Balaban J connectivity index is 3.17. The largest absolute Gasteiger partial charge is 0.443 e. The van der Waals surface area contributed by atoms with Gasteiger partial charge in [0, 0.05) is 0 Å². The zero-order valence-electron chi connectivity index (χ0n) is 14.2. The maximum Gasteiger partial charge on any atom is 0.425 e. The summed E-state index contributed by atoms with van der Waals surface area (Å²) >= 11 is 0. The van der Waals surface area contributed by atoms with Crippen LogP contribution in [0.3, 0.4) is 0 Å². The maximum absolute atomic E-state index is 12.3. The summed E-state index contributed by atoms with van der Waals surface area (Å²) in [6.45, 7) is 10.1. The molecule has 0 aliphatic heterocycles. The molecule has 1 rings (SSSR count). The molecule has 0 spiro atoms. The van der Waals surface area contributed by atoms with E-state index in [0.717, 1.165) is 0 Å². The first-order valence-electron chi connectivity index (χ1n) is 6.98. The van der Waals surface area contributed by atoms with Crippen molar-refractivity contribution in [3.05, 3.63) is 18.1 Å². The summed E-state index contributed by atoms with van der Waals surface area (Å²) in [4.78, 5) is 33.2. The number of aromatic nitrogens is 2. The van der Waals surface area contributed by atoms with Crippen molar-refractivity contribution in [2.75, 3.05) is 4.90 Å². The predicted octanol–water partition coefficient (Wildman–Crippen LogP) is 3.13. The summed E-state index contributed by atoms with van der Waals surface area (Å²) in [6, 6.07) is 0. The Morgan fingerprint density at radius 2 is 1.48 bits per heavy atom. The number of amides is 2. The Bertz CT molecular complexity index is 591. The van der Waals surface area contributed by atoms with Crippen molar-refractivity contribution in [3.8, 4) is 12.3 Å². The molecule has 0 N–H and O–H groups in total. The average molecular weight is 319 g/mol. The van der Waals surface area contributed by atoms with E-state index in [9.17, 15) is 9.59 Å². The topological polar surface area (TPSA) is 81.6 Å². The fraction of sp³-hybridized carbons (Fsp3) is 0.500.